The van der Waals surface area contributed by atoms with Gasteiger partial charge in [-0.1, -0.05) is 0 Å². The van der Waals surface area contributed by atoms with Crippen LogP contribution in [0.5, 0.6) is 0 Å². The monoisotopic (exact) mass is 276 g/mol. The molecule has 0 radical (unpaired) electrons. The lowest BCUT2D eigenvalue weighted by molar-refractivity contribution is -0.132. The Morgan fingerprint density at radius 3 is 2.40 bits per heavy atom. The normalized spacial score (nSPS) is 18.8. The van der Waals surface area contributed by atoms with Crippen molar-refractivity contribution in [2.24, 2.45) is 0 Å². The van der Waals surface area contributed by atoms with Crippen LogP contribution < -0.4 is 5.32 Å². The van der Waals surface area contributed by atoms with Gasteiger partial charge in [-0.2, -0.15) is 0 Å². The number of carboxylic acids is 1. The van der Waals surface area contributed by atoms with E-state index in [4.69, 9.17) is 5.11 Å². The van der Waals surface area contributed by atoms with Crippen LogP contribution in [0.2, 0.25) is 0 Å². The number of carbonyl (C=O) groups excluding carboxylic acids is 2. The molecule has 1 aliphatic rings. The van der Waals surface area contributed by atoms with Gasteiger partial charge in [-0.05, 0) is 30.7 Å². The Balaban J connectivity index is 1.98. The summed E-state index contributed by atoms with van der Waals surface area (Å²) in [5, 5.41) is 11.6. The highest BCUT2D eigenvalue weighted by Gasteiger charge is 2.24. The highest BCUT2D eigenvalue weighted by molar-refractivity contribution is 5.96. The zero-order chi connectivity index (χ0) is 14.7. The minimum absolute atomic E-state index is 0.0654. The number of carbonyl (C=O) groups is 3. The number of hydrogen-bond acceptors (Lipinski definition) is 3. The number of likely N-dealkylation sites (N-methyl/N-ethyl adjacent to an activating group) is 1. The lowest BCUT2D eigenvalue weighted by Crippen LogP contribution is -2.48. The fraction of sp³-hybridized carbons (Fsp3) is 0.357. The minimum Gasteiger partial charge on any atom is -0.478 e. The van der Waals surface area contributed by atoms with Crippen LogP contribution in [-0.2, 0) is 4.79 Å². The number of amides is 2. The molecule has 106 valence electrons. The maximum Gasteiger partial charge on any atom is 0.335 e. The van der Waals surface area contributed by atoms with Gasteiger partial charge in [0, 0.05) is 31.6 Å². The molecule has 1 unspecified atom stereocenters. The molecule has 1 aliphatic heterocycles. The van der Waals surface area contributed by atoms with Crippen LogP contribution in [0.1, 0.15) is 33.6 Å². The smallest absolute Gasteiger partial charge is 0.335 e. The number of aromatic carboxylic acids is 1. The SMILES string of the molecule is CN1CC(NC(=O)c2ccc(C(=O)O)cc2)CCC1=O. The van der Waals surface area contributed by atoms with E-state index in [0.717, 1.165) is 0 Å². The highest BCUT2D eigenvalue weighted by Crippen LogP contribution is 2.11. The predicted octanol–water partition coefficient (Wildman–Crippen LogP) is 0.735. The van der Waals surface area contributed by atoms with Crippen LogP contribution in [-0.4, -0.2) is 47.4 Å². The molecule has 1 saturated heterocycles. The lowest BCUT2D eigenvalue weighted by Gasteiger charge is -2.30. The molecule has 1 aromatic carbocycles. The average Bonchev–Trinajstić information content (AvgIpc) is 2.43. The summed E-state index contributed by atoms with van der Waals surface area (Å²) in [5.41, 5.74) is 0.555. The second-order valence-electron chi connectivity index (χ2n) is 4.87. The summed E-state index contributed by atoms with van der Waals surface area (Å²) >= 11 is 0. The van der Waals surface area contributed by atoms with Crippen LogP contribution in [0, 0.1) is 0 Å². The average molecular weight is 276 g/mol. The van der Waals surface area contributed by atoms with E-state index < -0.39 is 5.97 Å². The van der Waals surface area contributed by atoms with E-state index in [9.17, 15) is 14.4 Å². The quantitative estimate of drug-likeness (QED) is 0.852. The highest BCUT2D eigenvalue weighted by atomic mass is 16.4. The number of hydrogen-bond donors (Lipinski definition) is 2. The van der Waals surface area contributed by atoms with Gasteiger partial charge in [-0.3, -0.25) is 9.59 Å². The van der Waals surface area contributed by atoms with E-state index in [-0.39, 0.29) is 23.4 Å². The van der Waals surface area contributed by atoms with Gasteiger partial charge >= 0.3 is 5.97 Å². The topological polar surface area (TPSA) is 86.7 Å². The molecule has 2 rings (SSSR count). The number of carboxylic acid groups (broad SMARTS) is 1. The van der Waals surface area contributed by atoms with Gasteiger partial charge < -0.3 is 15.3 Å². The Bertz CT molecular complexity index is 539. The minimum atomic E-state index is -1.02. The summed E-state index contributed by atoms with van der Waals surface area (Å²) in [6.07, 6.45) is 1.06. The zero-order valence-corrected chi connectivity index (χ0v) is 11.1. The van der Waals surface area contributed by atoms with Gasteiger partial charge in [0.25, 0.3) is 5.91 Å². The van der Waals surface area contributed by atoms with E-state index in [1.807, 2.05) is 0 Å². The largest absolute Gasteiger partial charge is 0.478 e. The molecule has 0 spiro atoms. The van der Waals surface area contributed by atoms with E-state index in [1.54, 1.807) is 11.9 Å². The van der Waals surface area contributed by atoms with Crippen molar-refractivity contribution in [3.05, 3.63) is 35.4 Å². The third-order valence-electron chi connectivity index (χ3n) is 3.36. The fourth-order valence-corrected chi connectivity index (χ4v) is 2.16. The molecule has 0 bridgehead atoms. The first kappa shape index (κ1) is 14.0. The lowest BCUT2D eigenvalue weighted by atomic mass is 10.0. The molecule has 1 fully saturated rings. The van der Waals surface area contributed by atoms with Crippen molar-refractivity contribution in [2.75, 3.05) is 13.6 Å². The summed E-state index contributed by atoms with van der Waals surface area (Å²) in [6, 6.07) is 5.69. The molecule has 1 aromatic rings. The first-order valence-corrected chi connectivity index (χ1v) is 6.35. The first-order chi connectivity index (χ1) is 9.47. The van der Waals surface area contributed by atoms with Crippen molar-refractivity contribution < 1.29 is 19.5 Å². The molecule has 6 heteroatoms. The zero-order valence-electron chi connectivity index (χ0n) is 11.1. The summed E-state index contributed by atoms with van der Waals surface area (Å²) < 4.78 is 0. The number of nitrogens with zero attached hydrogens (tertiary/aromatic N) is 1. The van der Waals surface area contributed by atoms with Crippen molar-refractivity contribution in [1.29, 1.82) is 0 Å². The Kier molecular flexibility index (Phi) is 4.02. The molecule has 1 atom stereocenters. The van der Waals surface area contributed by atoms with Crippen molar-refractivity contribution in [3.8, 4) is 0 Å². The molecule has 2 amide bonds. The number of nitrogens with one attached hydrogen (secondary N) is 1. The van der Waals surface area contributed by atoms with Gasteiger partial charge in [-0.25, -0.2) is 4.79 Å². The molecular weight excluding hydrogens is 260 g/mol. The fourth-order valence-electron chi connectivity index (χ4n) is 2.16. The second-order valence-corrected chi connectivity index (χ2v) is 4.87. The first-order valence-electron chi connectivity index (χ1n) is 6.35. The third-order valence-corrected chi connectivity index (χ3v) is 3.36. The molecular formula is C14H16N2O4. The maximum atomic E-state index is 12.0. The number of piperidine rings is 1. The van der Waals surface area contributed by atoms with E-state index in [2.05, 4.69) is 5.32 Å². The summed E-state index contributed by atoms with van der Waals surface area (Å²) in [7, 11) is 1.71. The van der Waals surface area contributed by atoms with E-state index in [1.165, 1.54) is 24.3 Å². The number of benzene rings is 1. The van der Waals surface area contributed by atoms with Gasteiger partial charge in [0.1, 0.15) is 0 Å². The molecule has 6 nitrogen and oxygen atoms in total. The third kappa shape index (κ3) is 3.14. The standard InChI is InChI=1S/C14H16N2O4/c1-16-8-11(6-7-12(16)17)15-13(18)9-2-4-10(5-3-9)14(19)20/h2-5,11H,6-8H2,1H3,(H,15,18)(H,19,20). The van der Waals surface area contributed by atoms with Crippen LogP contribution in [0.15, 0.2) is 24.3 Å². The number of rotatable bonds is 3. The maximum absolute atomic E-state index is 12.0. The van der Waals surface area contributed by atoms with Crippen molar-refractivity contribution in [2.45, 2.75) is 18.9 Å². The molecule has 1 heterocycles. The number of likely N-dealkylation sites (tertiary alicyclic amines) is 1. The van der Waals surface area contributed by atoms with Gasteiger partial charge in [-0.15, -0.1) is 0 Å². The molecule has 20 heavy (non-hydrogen) atoms. The predicted molar refractivity (Wildman–Crippen MR) is 71.5 cm³/mol. The Labute approximate surface area is 116 Å². The second kappa shape index (κ2) is 5.73. The molecule has 0 aliphatic carbocycles. The Morgan fingerprint density at radius 1 is 1.25 bits per heavy atom. The van der Waals surface area contributed by atoms with Crippen molar-refractivity contribution >= 4 is 17.8 Å². The van der Waals surface area contributed by atoms with Crippen LogP contribution in [0.4, 0.5) is 0 Å². The molecule has 0 saturated carbocycles. The van der Waals surface area contributed by atoms with Crippen LogP contribution in [0.3, 0.4) is 0 Å². The Morgan fingerprint density at radius 2 is 1.85 bits per heavy atom. The van der Waals surface area contributed by atoms with Crippen molar-refractivity contribution in [1.82, 2.24) is 10.2 Å². The summed E-state index contributed by atoms with van der Waals surface area (Å²) in [5.74, 6) is -1.19. The summed E-state index contributed by atoms with van der Waals surface area (Å²) in [4.78, 5) is 35.7. The van der Waals surface area contributed by atoms with Gasteiger partial charge in [0.15, 0.2) is 0 Å². The van der Waals surface area contributed by atoms with E-state index in [0.29, 0.717) is 24.9 Å². The van der Waals surface area contributed by atoms with Crippen LogP contribution >= 0.6 is 0 Å². The molecule has 2 N–H and O–H groups in total. The molecule has 0 aromatic heterocycles. The summed E-state index contributed by atoms with van der Waals surface area (Å²) in [6.45, 7) is 0.498. The van der Waals surface area contributed by atoms with E-state index >= 15 is 0 Å². The van der Waals surface area contributed by atoms with Gasteiger partial charge in [0.2, 0.25) is 5.91 Å². The van der Waals surface area contributed by atoms with Gasteiger partial charge in [0.05, 0.1) is 5.56 Å². The Hall–Kier alpha value is -2.37. The van der Waals surface area contributed by atoms with Crippen LogP contribution in [0.25, 0.3) is 0 Å². The van der Waals surface area contributed by atoms with Crippen molar-refractivity contribution in [3.63, 3.8) is 0 Å².